The highest BCUT2D eigenvalue weighted by Crippen LogP contribution is 2.33. The largest absolute Gasteiger partial charge is 0.457 e. The molecule has 3 rings (SSSR count). The first-order valence-corrected chi connectivity index (χ1v) is 6.82. The van der Waals surface area contributed by atoms with Gasteiger partial charge >= 0.3 is 0 Å². The van der Waals surface area contributed by atoms with Crippen molar-refractivity contribution in [3.8, 4) is 0 Å². The van der Waals surface area contributed by atoms with E-state index in [1.807, 2.05) is 11.4 Å². The molecule has 0 saturated heterocycles. The maximum Gasteiger partial charge on any atom is 0.153 e. The van der Waals surface area contributed by atoms with Crippen LogP contribution in [0.3, 0.4) is 0 Å². The number of nitrogens with zero attached hydrogens (tertiary/aromatic N) is 1. The summed E-state index contributed by atoms with van der Waals surface area (Å²) in [5.74, 6) is 0.629. The normalized spacial score (nSPS) is 13.1. The molecule has 3 aromatic rings. The maximum absolute atomic E-state index is 6.09. The Bertz CT molecular complexity index is 693. The summed E-state index contributed by atoms with van der Waals surface area (Å²) in [5.41, 5.74) is 6.69. The Morgan fingerprint density at radius 3 is 2.83 bits per heavy atom. The lowest BCUT2D eigenvalue weighted by molar-refractivity contribution is 0.524. The molecule has 6 heteroatoms. The molecular weight excluding hydrogens is 291 g/mol. The number of benzene rings is 1. The van der Waals surface area contributed by atoms with Crippen molar-refractivity contribution in [2.45, 2.75) is 6.04 Å². The lowest BCUT2D eigenvalue weighted by atomic mass is 10.2. The summed E-state index contributed by atoms with van der Waals surface area (Å²) >= 11 is 13.5. The van der Waals surface area contributed by atoms with Crippen molar-refractivity contribution in [1.29, 1.82) is 0 Å². The summed E-state index contributed by atoms with van der Waals surface area (Å²) in [6.07, 6.45) is 1.71. The minimum atomic E-state index is -0.382. The second kappa shape index (κ2) is 4.55. The van der Waals surface area contributed by atoms with Crippen molar-refractivity contribution < 1.29 is 4.42 Å². The number of aromatic nitrogens is 1. The standard InChI is InChI=1S/C12H8Cl2N2OS/c13-7-3-6-4-9(17-11(6)8(14)5-7)10(15)12-16-1-2-18-12/h1-5,10H,15H2. The second-order valence-corrected chi connectivity index (χ2v) is 5.57. The van der Waals surface area contributed by atoms with Gasteiger partial charge in [0.25, 0.3) is 0 Å². The van der Waals surface area contributed by atoms with Crippen molar-refractivity contribution >= 4 is 45.5 Å². The Balaban J connectivity index is 2.11. The van der Waals surface area contributed by atoms with Gasteiger partial charge in [0.15, 0.2) is 5.58 Å². The first kappa shape index (κ1) is 12.0. The summed E-state index contributed by atoms with van der Waals surface area (Å²) in [5, 5.41) is 4.57. The predicted octanol–water partition coefficient (Wildman–Crippen LogP) is 4.24. The topological polar surface area (TPSA) is 52.0 Å². The summed E-state index contributed by atoms with van der Waals surface area (Å²) in [6, 6.07) is 4.91. The molecule has 0 radical (unpaired) electrons. The van der Waals surface area contributed by atoms with Crippen molar-refractivity contribution in [1.82, 2.24) is 4.98 Å². The van der Waals surface area contributed by atoms with Crippen LogP contribution in [-0.4, -0.2) is 4.98 Å². The van der Waals surface area contributed by atoms with E-state index in [9.17, 15) is 0 Å². The number of rotatable bonds is 2. The van der Waals surface area contributed by atoms with Crippen molar-refractivity contribution in [3.05, 3.63) is 50.6 Å². The summed E-state index contributed by atoms with van der Waals surface area (Å²) in [4.78, 5) is 4.18. The van der Waals surface area contributed by atoms with Gasteiger partial charge in [0.2, 0.25) is 0 Å². The van der Waals surface area contributed by atoms with Crippen molar-refractivity contribution in [2.75, 3.05) is 0 Å². The summed E-state index contributed by atoms with van der Waals surface area (Å²) in [7, 11) is 0. The average molecular weight is 299 g/mol. The van der Waals surface area contributed by atoms with Gasteiger partial charge in [-0.1, -0.05) is 23.2 Å². The van der Waals surface area contributed by atoms with Crippen LogP contribution in [0, 0.1) is 0 Å². The van der Waals surface area contributed by atoms with E-state index in [-0.39, 0.29) is 6.04 Å². The number of nitrogens with two attached hydrogens (primary N) is 1. The lowest BCUT2D eigenvalue weighted by Crippen LogP contribution is -2.10. The Hall–Kier alpha value is -1.07. The number of furan rings is 1. The zero-order valence-corrected chi connectivity index (χ0v) is 11.4. The third-order valence-electron chi connectivity index (χ3n) is 2.58. The van der Waals surface area contributed by atoms with Crippen LogP contribution < -0.4 is 5.73 Å². The van der Waals surface area contributed by atoms with Gasteiger partial charge in [-0.15, -0.1) is 11.3 Å². The van der Waals surface area contributed by atoms with Gasteiger partial charge in [0.05, 0.1) is 5.02 Å². The van der Waals surface area contributed by atoms with Crippen LogP contribution in [0.15, 0.2) is 34.2 Å². The smallest absolute Gasteiger partial charge is 0.153 e. The van der Waals surface area contributed by atoms with E-state index in [1.54, 1.807) is 18.3 Å². The van der Waals surface area contributed by atoms with Crippen LogP contribution in [0.4, 0.5) is 0 Å². The first-order valence-electron chi connectivity index (χ1n) is 5.18. The van der Waals surface area contributed by atoms with E-state index in [1.165, 1.54) is 11.3 Å². The molecule has 0 bridgehead atoms. The molecule has 3 nitrogen and oxygen atoms in total. The zero-order chi connectivity index (χ0) is 12.7. The molecule has 18 heavy (non-hydrogen) atoms. The van der Waals surface area contributed by atoms with Gasteiger partial charge in [-0.2, -0.15) is 0 Å². The fourth-order valence-electron chi connectivity index (χ4n) is 1.76. The Morgan fingerprint density at radius 2 is 2.11 bits per heavy atom. The molecule has 0 aliphatic heterocycles. The predicted molar refractivity (Wildman–Crippen MR) is 74.4 cm³/mol. The lowest BCUT2D eigenvalue weighted by Gasteiger charge is -2.03. The maximum atomic E-state index is 6.09. The van der Waals surface area contributed by atoms with Gasteiger partial charge in [0.1, 0.15) is 16.8 Å². The molecule has 92 valence electrons. The molecule has 2 heterocycles. The zero-order valence-electron chi connectivity index (χ0n) is 9.06. The molecule has 2 aromatic heterocycles. The van der Waals surface area contributed by atoms with E-state index in [0.29, 0.717) is 21.4 Å². The SMILES string of the molecule is NC(c1cc2cc(Cl)cc(Cl)c2o1)c1nccs1. The van der Waals surface area contributed by atoms with Crippen LogP contribution in [0.1, 0.15) is 16.8 Å². The number of halogens is 2. The Morgan fingerprint density at radius 1 is 1.28 bits per heavy atom. The van der Waals surface area contributed by atoms with Gasteiger partial charge < -0.3 is 10.2 Å². The summed E-state index contributed by atoms with van der Waals surface area (Å²) in [6.45, 7) is 0. The molecule has 1 atom stereocenters. The first-order chi connectivity index (χ1) is 8.65. The minimum absolute atomic E-state index is 0.382. The van der Waals surface area contributed by atoms with Crippen LogP contribution in [-0.2, 0) is 0 Å². The van der Waals surface area contributed by atoms with Gasteiger partial charge in [-0.05, 0) is 18.2 Å². The van der Waals surface area contributed by atoms with E-state index >= 15 is 0 Å². The molecule has 0 aliphatic rings. The highest BCUT2D eigenvalue weighted by atomic mass is 35.5. The number of fused-ring (bicyclic) bond motifs is 1. The number of hydrogen-bond acceptors (Lipinski definition) is 4. The third kappa shape index (κ3) is 2.01. The van der Waals surface area contributed by atoms with Crippen molar-refractivity contribution in [2.24, 2.45) is 5.73 Å². The molecule has 2 N–H and O–H groups in total. The van der Waals surface area contributed by atoms with Gasteiger partial charge in [-0.25, -0.2) is 4.98 Å². The summed E-state index contributed by atoms with van der Waals surface area (Å²) < 4.78 is 5.69. The average Bonchev–Trinajstić information content (AvgIpc) is 2.96. The molecule has 0 amide bonds. The minimum Gasteiger partial charge on any atom is -0.457 e. The number of thiazole rings is 1. The van der Waals surface area contributed by atoms with E-state index in [4.69, 9.17) is 33.4 Å². The van der Waals surface area contributed by atoms with Gasteiger partial charge in [-0.3, -0.25) is 0 Å². The van der Waals surface area contributed by atoms with Crippen LogP contribution in [0.5, 0.6) is 0 Å². The van der Waals surface area contributed by atoms with E-state index in [0.717, 1.165) is 10.4 Å². The molecule has 1 unspecified atom stereocenters. The molecule has 0 spiro atoms. The molecule has 0 fully saturated rings. The van der Waals surface area contributed by atoms with Crippen molar-refractivity contribution in [3.63, 3.8) is 0 Å². The second-order valence-electron chi connectivity index (χ2n) is 3.80. The van der Waals surface area contributed by atoms with Gasteiger partial charge in [0, 0.05) is 22.0 Å². The Labute approximate surface area is 117 Å². The monoisotopic (exact) mass is 298 g/mol. The highest BCUT2D eigenvalue weighted by molar-refractivity contribution is 7.09. The molecule has 0 saturated carbocycles. The third-order valence-corrected chi connectivity index (χ3v) is 3.94. The fraction of sp³-hybridized carbons (Fsp3) is 0.0833. The van der Waals surface area contributed by atoms with Crippen LogP contribution >= 0.6 is 34.5 Å². The highest BCUT2D eigenvalue weighted by Gasteiger charge is 2.17. The Kier molecular flexibility index (Phi) is 3.03. The van der Waals surface area contributed by atoms with Crippen LogP contribution in [0.2, 0.25) is 10.0 Å². The molecule has 1 aromatic carbocycles. The molecule has 0 aliphatic carbocycles. The van der Waals surface area contributed by atoms with Crippen LogP contribution in [0.25, 0.3) is 11.0 Å². The molecular formula is C12H8Cl2N2OS. The fourth-order valence-corrected chi connectivity index (χ4v) is 2.95. The van der Waals surface area contributed by atoms with E-state index in [2.05, 4.69) is 4.98 Å². The van der Waals surface area contributed by atoms with E-state index < -0.39 is 0 Å². The quantitative estimate of drug-likeness (QED) is 0.770. The number of hydrogen-bond donors (Lipinski definition) is 1.